The highest BCUT2D eigenvalue weighted by molar-refractivity contribution is 7.89. The molecule has 0 spiro atoms. The Bertz CT molecular complexity index is 258. The maximum absolute atomic E-state index is 11.1. The molecule has 1 unspecified atom stereocenters. The first-order chi connectivity index (χ1) is 5.55. The summed E-state index contributed by atoms with van der Waals surface area (Å²) < 4.78 is 22.1. The van der Waals surface area contributed by atoms with Crippen LogP contribution in [0.5, 0.6) is 0 Å². The summed E-state index contributed by atoms with van der Waals surface area (Å²) in [5.41, 5.74) is 0. The third-order valence-electron chi connectivity index (χ3n) is 2.48. The van der Waals surface area contributed by atoms with Gasteiger partial charge in [-0.2, -0.15) is 0 Å². The molecule has 1 rings (SSSR count). The molecule has 1 saturated carbocycles. The molecule has 1 aliphatic rings. The molecular weight excluding hydrogens is 174 g/mol. The van der Waals surface area contributed by atoms with E-state index in [0.29, 0.717) is 0 Å². The Morgan fingerprint density at radius 1 is 1.50 bits per heavy atom. The zero-order valence-electron chi connectivity index (χ0n) is 7.07. The van der Waals surface area contributed by atoms with Crippen LogP contribution in [0.1, 0.15) is 25.7 Å². The van der Waals surface area contributed by atoms with Gasteiger partial charge in [0, 0.05) is 0 Å². The Hall–Kier alpha value is -0.350. The number of nitrogens with two attached hydrogens (primary N) is 1. The summed E-state index contributed by atoms with van der Waals surface area (Å²) in [6.45, 7) is 3.61. The van der Waals surface area contributed by atoms with Gasteiger partial charge in [-0.1, -0.05) is 12.5 Å². The Morgan fingerprint density at radius 2 is 2.17 bits per heavy atom. The first-order valence-corrected chi connectivity index (χ1v) is 5.79. The van der Waals surface area contributed by atoms with E-state index in [1.807, 2.05) is 0 Å². The molecular formula is C8H15NO2S. The van der Waals surface area contributed by atoms with Crippen molar-refractivity contribution in [1.29, 1.82) is 0 Å². The lowest BCUT2D eigenvalue weighted by Gasteiger charge is -2.14. The summed E-state index contributed by atoms with van der Waals surface area (Å²) in [6, 6.07) is 0. The molecule has 0 bridgehead atoms. The molecule has 0 radical (unpaired) electrons. The van der Waals surface area contributed by atoms with Crippen LogP contribution < -0.4 is 5.14 Å². The molecule has 2 N–H and O–H groups in total. The van der Waals surface area contributed by atoms with Crippen LogP contribution in [0.15, 0.2) is 12.7 Å². The molecule has 1 aliphatic carbocycles. The number of primary sulfonamides is 1. The van der Waals surface area contributed by atoms with Crippen molar-refractivity contribution in [2.45, 2.75) is 30.9 Å². The fourth-order valence-electron chi connectivity index (χ4n) is 1.92. The number of hydrogen-bond acceptors (Lipinski definition) is 2. The van der Waals surface area contributed by atoms with E-state index in [-0.39, 0.29) is 11.2 Å². The number of allylic oxidation sites excluding steroid dienone is 1. The molecule has 1 fully saturated rings. The highest BCUT2D eigenvalue weighted by atomic mass is 32.2. The lowest BCUT2D eigenvalue weighted by Crippen LogP contribution is -2.31. The van der Waals surface area contributed by atoms with Gasteiger partial charge in [-0.15, -0.1) is 6.58 Å². The van der Waals surface area contributed by atoms with Crippen LogP contribution in [0.2, 0.25) is 0 Å². The minimum Gasteiger partial charge on any atom is -0.228 e. The Labute approximate surface area is 73.7 Å². The van der Waals surface area contributed by atoms with Crippen molar-refractivity contribution in [3.8, 4) is 0 Å². The van der Waals surface area contributed by atoms with E-state index >= 15 is 0 Å². The first kappa shape index (κ1) is 9.74. The molecule has 0 aromatic rings. The second kappa shape index (κ2) is 3.58. The minimum absolute atomic E-state index is 0.206. The van der Waals surface area contributed by atoms with Crippen LogP contribution in [0, 0.1) is 5.92 Å². The van der Waals surface area contributed by atoms with Crippen LogP contribution in [0.4, 0.5) is 0 Å². The number of hydrogen-bond donors (Lipinski definition) is 1. The van der Waals surface area contributed by atoms with Gasteiger partial charge >= 0.3 is 0 Å². The fraction of sp³-hybridized carbons (Fsp3) is 0.750. The third kappa shape index (κ3) is 2.08. The highest BCUT2D eigenvalue weighted by Crippen LogP contribution is 2.32. The van der Waals surface area contributed by atoms with Gasteiger partial charge in [-0.05, 0) is 25.2 Å². The highest BCUT2D eigenvalue weighted by Gasteiger charge is 2.34. The largest absolute Gasteiger partial charge is 0.228 e. The van der Waals surface area contributed by atoms with Crippen LogP contribution >= 0.6 is 0 Å². The molecule has 3 nitrogen and oxygen atoms in total. The summed E-state index contributed by atoms with van der Waals surface area (Å²) in [5, 5.41) is 4.78. The monoisotopic (exact) mass is 189 g/mol. The fourth-order valence-corrected chi connectivity index (χ4v) is 3.20. The number of sulfonamides is 1. The van der Waals surface area contributed by atoms with Crippen LogP contribution in [-0.4, -0.2) is 13.7 Å². The van der Waals surface area contributed by atoms with Gasteiger partial charge in [0.15, 0.2) is 0 Å². The molecule has 2 atom stereocenters. The summed E-state index contributed by atoms with van der Waals surface area (Å²) in [4.78, 5) is 0. The molecule has 0 saturated heterocycles. The second-order valence-corrected chi connectivity index (χ2v) is 5.13. The van der Waals surface area contributed by atoms with Crippen LogP contribution in [0.25, 0.3) is 0 Å². The standard InChI is InChI=1S/C8H15NO2S/c1-2-4-7-5-3-6-8(7)12(9,10)11/h2,7-8H,1,3-6H2,(H2,9,10,11)/t7?,8-/m0/s1. The lowest BCUT2D eigenvalue weighted by molar-refractivity contribution is 0.522. The normalized spacial score (nSPS) is 30.4. The van der Waals surface area contributed by atoms with E-state index in [0.717, 1.165) is 25.7 Å². The van der Waals surface area contributed by atoms with Gasteiger partial charge < -0.3 is 0 Å². The SMILES string of the molecule is C=CCC1CCC[C@@H]1S(N)(=O)=O. The minimum atomic E-state index is -3.32. The van der Waals surface area contributed by atoms with Crippen molar-refractivity contribution in [2.75, 3.05) is 0 Å². The Balaban J connectivity index is 2.70. The molecule has 0 heterocycles. The average molecular weight is 189 g/mol. The van der Waals surface area contributed by atoms with Gasteiger partial charge in [0.2, 0.25) is 10.0 Å². The van der Waals surface area contributed by atoms with Gasteiger partial charge in [-0.25, -0.2) is 13.6 Å². The van der Waals surface area contributed by atoms with E-state index in [9.17, 15) is 8.42 Å². The molecule has 12 heavy (non-hydrogen) atoms. The maximum Gasteiger partial charge on any atom is 0.212 e. The van der Waals surface area contributed by atoms with Gasteiger partial charge in [0.05, 0.1) is 5.25 Å². The van der Waals surface area contributed by atoms with Crippen molar-refractivity contribution in [3.05, 3.63) is 12.7 Å². The van der Waals surface area contributed by atoms with Crippen molar-refractivity contribution < 1.29 is 8.42 Å². The van der Waals surface area contributed by atoms with Crippen molar-refractivity contribution >= 4 is 10.0 Å². The molecule has 0 amide bonds. The molecule has 70 valence electrons. The summed E-state index contributed by atoms with van der Waals surface area (Å²) >= 11 is 0. The third-order valence-corrected chi connectivity index (χ3v) is 3.95. The van der Waals surface area contributed by atoms with Crippen LogP contribution in [0.3, 0.4) is 0 Å². The molecule has 4 heteroatoms. The Kier molecular flexibility index (Phi) is 2.90. The topological polar surface area (TPSA) is 60.2 Å². The smallest absolute Gasteiger partial charge is 0.212 e. The van der Waals surface area contributed by atoms with E-state index in [2.05, 4.69) is 6.58 Å². The zero-order valence-corrected chi connectivity index (χ0v) is 7.89. The number of rotatable bonds is 3. The molecule has 0 aromatic carbocycles. The molecule has 0 aliphatic heterocycles. The van der Waals surface area contributed by atoms with Crippen molar-refractivity contribution in [3.63, 3.8) is 0 Å². The van der Waals surface area contributed by atoms with Crippen LogP contribution in [-0.2, 0) is 10.0 Å². The maximum atomic E-state index is 11.1. The van der Waals surface area contributed by atoms with E-state index < -0.39 is 10.0 Å². The summed E-state index contributed by atoms with van der Waals surface area (Å²) in [5.74, 6) is 0.206. The van der Waals surface area contributed by atoms with Crippen molar-refractivity contribution in [2.24, 2.45) is 11.1 Å². The van der Waals surface area contributed by atoms with Gasteiger partial charge in [0.25, 0.3) is 0 Å². The second-order valence-electron chi connectivity index (χ2n) is 3.34. The van der Waals surface area contributed by atoms with Crippen molar-refractivity contribution in [1.82, 2.24) is 0 Å². The van der Waals surface area contributed by atoms with E-state index in [1.165, 1.54) is 0 Å². The lowest BCUT2D eigenvalue weighted by atomic mass is 10.0. The van der Waals surface area contributed by atoms with Gasteiger partial charge in [0.1, 0.15) is 0 Å². The average Bonchev–Trinajstić information content (AvgIpc) is 2.34. The Morgan fingerprint density at radius 3 is 2.67 bits per heavy atom. The summed E-state index contributed by atoms with van der Waals surface area (Å²) in [6.07, 6.45) is 5.19. The van der Waals surface area contributed by atoms with E-state index in [4.69, 9.17) is 5.14 Å². The summed E-state index contributed by atoms with van der Waals surface area (Å²) in [7, 11) is -3.32. The van der Waals surface area contributed by atoms with E-state index in [1.54, 1.807) is 6.08 Å². The zero-order chi connectivity index (χ0) is 9.19. The first-order valence-electron chi connectivity index (χ1n) is 4.18. The predicted molar refractivity (Wildman–Crippen MR) is 49.1 cm³/mol. The molecule has 0 aromatic heterocycles. The van der Waals surface area contributed by atoms with Gasteiger partial charge in [-0.3, -0.25) is 0 Å². The predicted octanol–water partition coefficient (Wildman–Crippen LogP) is 1.02. The quantitative estimate of drug-likeness (QED) is 0.674.